The Morgan fingerprint density at radius 1 is 1.00 bits per heavy atom. The highest BCUT2D eigenvalue weighted by atomic mass is 32.1. The smallest absolute Gasteiger partial charge is 0.360 e. The summed E-state index contributed by atoms with van der Waals surface area (Å²) in [5, 5.41) is 14.8. The summed E-state index contributed by atoms with van der Waals surface area (Å²) in [5.74, 6) is -2.09. The lowest BCUT2D eigenvalue weighted by atomic mass is 9.87. The number of aliphatic carboxylic acids is 1. The lowest BCUT2D eigenvalue weighted by Gasteiger charge is -2.33. The maximum Gasteiger partial charge on any atom is 0.360 e. The summed E-state index contributed by atoms with van der Waals surface area (Å²) < 4.78 is 5.96. The molecular formula is C23H23N3O5S. The molecule has 0 saturated carbocycles. The second-order valence-corrected chi connectivity index (χ2v) is 8.46. The Bertz CT molecular complexity index is 1090. The van der Waals surface area contributed by atoms with Gasteiger partial charge in [-0.15, -0.1) is 11.3 Å². The van der Waals surface area contributed by atoms with E-state index in [-0.39, 0.29) is 10.8 Å². The maximum absolute atomic E-state index is 13.2. The van der Waals surface area contributed by atoms with Gasteiger partial charge >= 0.3 is 11.9 Å². The van der Waals surface area contributed by atoms with E-state index in [0.29, 0.717) is 0 Å². The van der Waals surface area contributed by atoms with Gasteiger partial charge < -0.3 is 20.4 Å². The molecule has 9 heteroatoms. The number of benzene rings is 2. The van der Waals surface area contributed by atoms with Crippen LogP contribution in [0.5, 0.6) is 0 Å². The zero-order valence-electron chi connectivity index (χ0n) is 17.8. The van der Waals surface area contributed by atoms with E-state index in [2.05, 4.69) is 10.1 Å². The zero-order chi connectivity index (χ0) is 23.4. The van der Waals surface area contributed by atoms with Gasteiger partial charge in [0.2, 0.25) is 11.3 Å². The van der Waals surface area contributed by atoms with Crippen LogP contribution >= 0.6 is 11.3 Å². The molecule has 0 aliphatic heterocycles. The summed E-state index contributed by atoms with van der Waals surface area (Å²) in [6.45, 7) is 4.68. The molecule has 0 radical (unpaired) electrons. The summed E-state index contributed by atoms with van der Waals surface area (Å²) in [6, 6.07) is 18.6. The number of hydrogen-bond acceptors (Lipinski definition) is 8. The van der Waals surface area contributed by atoms with Crippen molar-refractivity contribution < 1.29 is 24.3 Å². The van der Waals surface area contributed by atoms with E-state index in [9.17, 15) is 14.7 Å². The summed E-state index contributed by atoms with van der Waals surface area (Å²) in [5.41, 5.74) is 3.99. The minimum absolute atomic E-state index is 0.0441. The lowest BCUT2D eigenvalue weighted by molar-refractivity contribution is -0.180. The molecule has 3 aromatic rings. The van der Waals surface area contributed by atoms with Crippen LogP contribution in [0, 0.1) is 0 Å². The van der Waals surface area contributed by atoms with Crippen molar-refractivity contribution in [3.63, 3.8) is 0 Å². The molecule has 1 aromatic heterocycles. The number of carboxylic acid groups (broad SMARTS) is 1. The van der Waals surface area contributed by atoms with Crippen LogP contribution in [0.4, 0.5) is 5.13 Å². The minimum atomic E-state index is -1.59. The van der Waals surface area contributed by atoms with Crippen LogP contribution in [0.3, 0.4) is 0 Å². The normalized spacial score (nSPS) is 12.3. The maximum atomic E-state index is 13.2. The number of nitrogens with two attached hydrogens (primary N) is 1. The molecule has 166 valence electrons. The molecule has 0 bridgehead atoms. The van der Waals surface area contributed by atoms with Crippen molar-refractivity contribution in [2.24, 2.45) is 5.16 Å². The molecule has 3 N–H and O–H groups in total. The second-order valence-electron chi connectivity index (χ2n) is 7.57. The molecule has 2 aromatic carbocycles. The van der Waals surface area contributed by atoms with E-state index in [4.69, 9.17) is 15.3 Å². The van der Waals surface area contributed by atoms with E-state index < -0.39 is 28.9 Å². The molecule has 32 heavy (non-hydrogen) atoms. The van der Waals surface area contributed by atoms with Gasteiger partial charge in [0.15, 0.2) is 10.7 Å². The van der Waals surface area contributed by atoms with E-state index in [1.807, 2.05) is 60.7 Å². The number of hydrogen-bond donors (Lipinski definition) is 2. The minimum Gasteiger partial charge on any atom is -0.476 e. The quantitative estimate of drug-likeness (QED) is 0.302. The van der Waals surface area contributed by atoms with E-state index in [1.165, 1.54) is 19.2 Å². The summed E-state index contributed by atoms with van der Waals surface area (Å²) in [7, 11) is 0. The average Bonchev–Trinajstić information content (AvgIpc) is 3.20. The van der Waals surface area contributed by atoms with Crippen molar-refractivity contribution >= 4 is 34.1 Å². The summed E-state index contributed by atoms with van der Waals surface area (Å²) in [6.07, 6.45) is 0. The summed E-state index contributed by atoms with van der Waals surface area (Å²) >= 11 is 1.07. The standard InChI is InChI=1S/C23H23N3O5S/c1-22(2,31-26-18(19(27)28)17-14-32-21(24)25-17)20(29)30-23(3,15-10-6-4-7-11-15)16-12-8-5-9-13-16/h4-14H,1-3H3,(H2,24,25)(H,27,28)/b26-18-. The molecule has 3 rings (SSSR count). The van der Waals surface area contributed by atoms with Crippen LogP contribution in [0.15, 0.2) is 71.2 Å². The highest BCUT2D eigenvalue weighted by molar-refractivity contribution is 7.13. The number of anilines is 1. The zero-order valence-corrected chi connectivity index (χ0v) is 18.6. The number of nitrogen functional groups attached to an aromatic ring is 1. The van der Waals surface area contributed by atoms with Crippen molar-refractivity contribution in [1.82, 2.24) is 4.98 Å². The Morgan fingerprint density at radius 3 is 1.97 bits per heavy atom. The van der Waals surface area contributed by atoms with Gasteiger partial charge in [-0.1, -0.05) is 65.8 Å². The SMILES string of the molecule is CC(C)(O/N=C(\C(=O)O)c1csc(N)n1)C(=O)OC(C)(c1ccccc1)c1ccccc1. The number of esters is 1. The Morgan fingerprint density at radius 2 is 1.53 bits per heavy atom. The number of carbonyl (C=O) groups excluding carboxylic acids is 1. The van der Waals surface area contributed by atoms with Crippen molar-refractivity contribution in [2.75, 3.05) is 5.73 Å². The number of carbonyl (C=O) groups is 2. The Kier molecular flexibility index (Phi) is 6.59. The first-order valence-corrected chi connectivity index (χ1v) is 10.6. The molecule has 1 heterocycles. The van der Waals surface area contributed by atoms with Crippen LogP contribution in [0.1, 0.15) is 37.6 Å². The van der Waals surface area contributed by atoms with Gasteiger partial charge in [0.1, 0.15) is 5.69 Å². The molecule has 0 aliphatic carbocycles. The number of thiazole rings is 1. The molecule has 0 atom stereocenters. The molecule has 0 saturated heterocycles. The fraction of sp³-hybridized carbons (Fsp3) is 0.217. The molecule has 0 spiro atoms. The Balaban J connectivity index is 1.89. The van der Waals surface area contributed by atoms with Gasteiger partial charge in [0.05, 0.1) is 0 Å². The Labute approximate surface area is 189 Å². The third kappa shape index (κ3) is 4.94. The number of rotatable bonds is 8. The molecule has 0 fully saturated rings. The number of nitrogens with zero attached hydrogens (tertiary/aromatic N) is 2. The van der Waals surface area contributed by atoms with E-state index in [1.54, 1.807) is 6.92 Å². The largest absolute Gasteiger partial charge is 0.476 e. The number of ether oxygens (including phenoxy) is 1. The predicted octanol–water partition coefficient (Wildman–Crippen LogP) is 3.82. The number of carboxylic acids is 1. The van der Waals surface area contributed by atoms with Crippen LogP contribution in [0.2, 0.25) is 0 Å². The van der Waals surface area contributed by atoms with Crippen LogP contribution in [0.25, 0.3) is 0 Å². The van der Waals surface area contributed by atoms with Crippen molar-refractivity contribution in [2.45, 2.75) is 32.0 Å². The van der Waals surface area contributed by atoms with Crippen LogP contribution in [-0.2, 0) is 24.8 Å². The van der Waals surface area contributed by atoms with Crippen molar-refractivity contribution in [3.8, 4) is 0 Å². The van der Waals surface area contributed by atoms with E-state index in [0.717, 1.165) is 22.5 Å². The first kappa shape index (κ1) is 23.0. The fourth-order valence-electron chi connectivity index (χ4n) is 2.89. The highest BCUT2D eigenvalue weighted by Crippen LogP contribution is 2.35. The first-order chi connectivity index (χ1) is 15.1. The lowest BCUT2D eigenvalue weighted by Crippen LogP contribution is -2.42. The van der Waals surface area contributed by atoms with Gasteiger partial charge in [-0.25, -0.2) is 14.6 Å². The van der Waals surface area contributed by atoms with E-state index >= 15 is 0 Å². The van der Waals surface area contributed by atoms with Crippen molar-refractivity contribution in [3.05, 3.63) is 82.9 Å². The van der Waals surface area contributed by atoms with Gasteiger partial charge in [0.25, 0.3) is 0 Å². The van der Waals surface area contributed by atoms with Gasteiger partial charge in [-0.3, -0.25) is 0 Å². The topological polar surface area (TPSA) is 124 Å². The van der Waals surface area contributed by atoms with Crippen molar-refractivity contribution in [1.29, 1.82) is 0 Å². The third-order valence-electron chi connectivity index (χ3n) is 4.77. The third-order valence-corrected chi connectivity index (χ3v) is 5.44. The molecule has 0 unspecified atom stereocenters. The second kappa shape index (κ2) is 9.19. The summed E-state index contributed by atoms with van der Waals surface area (Å²) in [4.78, 5) is 34.0. The van der Waals surface area contributed by atoms with Gasteiger partial charge in [-0.05, 0) is 31.9 Å². The average molecular weight is 454 g/mol. The Hall–Kier alpha value is -3.72. The molecule has 0 aliphatic rings. The predicted molar refractivity (Wildman–Crippen MR) is 121 cm³/mol. The van der Waals surface area contributed by atoms with Gasteiger partial charge in [-0.2, -0.15) is 0 Å². The first-order valence-electron chi connectivity index (χ1n) is 9.69. The van der Waals surface area contributed by atoms with Crippen LogP contribution in [-0.4, -0.2) is 33.3 Å². The number of aromatic nitrogens is 1. The highest BCUT2D eigenvalue weighted by Gasteiger charge is 2.41. The monoisotopic (exact) mass is 453 g/mol. The van der Waals surface area contributed by atoms with Gasteiger partial charge in [0, 0.05) is 5.38 Å². The van der Waals surface area contributed by atoms with Crippen LogP contribution < -0.4 is 5.73 Å². The molecular weight excluding hydrogens is 430 g/mol. The number of oxime groups is 1. The fourth-order valence-corrected chi connectivity index (χ4v) is 3.44. The molecule has 0 amide bonds. The molecule has 8 nitrogen and oxygen atoms in total.